The molecule has 0 unspecified atom stereocenters. The lowest BCUT2D eigenvalue weighted by Crippen LogP contribution is -2.05. The molecule has 0 atom stereocenters. The molecule has 0 amide bonds. The fourth-order valence-corrected chi connectivity index (χ4v) is 1.29. The van der Waals surface area contributed by atoms with Crippen LogP contribution in [-0.4, -0.2) is 4.57 Å². The predicted molar refractivity (Wildman–Crippen MR) is 49.6 cm³/mol. The molecule has 0 saturated carbocycles. The Bertz CT molecular complexity index is 443. The molecule has 0 aliphatic heterocycles. The van der Waals surface area contributed by atoms with Crippen LogP contribution in [0.3, 0.4) is 0 Å². The molecule has 77 valence electrons. The lowest BCUT2D eigenvalue weighted by molar-refractivity contribution is -0.137. The number of nitrogens with zero attached hydrogens (tertiary/aromatic N) is 1. The van der Waals surface area contributed by atoms with Crippen LogP contribution in [0.5, 0.6) is 0 Å². The number of hydrogen-bond donors (Lipinski definition) is 0. The Kier molecular flexibility index (Phi) is 2.26. The first kappa shape index (κ1) is 9.83. The molecule has 0 aliphatic carbocycles. The van der Waals surface area contributed by atoms with Gasteiger partial charge in [0.15, 0.2) is 0 Å². The minimum absolute atomic E-state index is 0.478. The van der Waals surface area contributed by atoms with E-state index in [4.69, 9.17) is 0 Å². The van der Waals surface area contributed by atoms with E-state index in [0.717, 1.165) is 12.1 Å². The summed E-state index contributed by atoms with van der Waals surface area (Å²) in [6.45, 7) is 0. The van der Waals surface area contributed by atoms with Gasteiger partial charge >= 0.3 is 6.18 Å². The van der Waals surface area contributed by atoms with Gasteiger partial charge in [-0.3, -0.25) is 0 Å². The van der Waals surface area contributed by atoms with E-state index in [0.29, 0.717) is 5.69 Å². The van der Waals surface area contributed by atoms with E-state index in [1.807, 2.05) is 0 Å². The van der Waals surface area contributed by atoms with Crippen LogP contribution in [-0.2, 0) is 6.18 Å². The van der Waals surface area contributed by atoms with Gasteiger partial charge in [-0.25, -0.2) is 0 Å². The standard InChI is InChI=1S/C11H7F3N/c12-11(13,14)9-4-3-5-10(8-9)15-6-1-2-7-15/h1,3-8H. The average Bonchev–Trinajstić information content (AvgIpc) is 2.69. The van der Waals surface area contributed by atoms with Gasteiger partial charge in [0, 0.05) is 24.1 Å². The summed E-state index contributed by atoms with van der Waals surface area (Å²) in [7, 11) is 0. The van der Waals surface area contributed by atoms with Gasteiger partial charge in [-0.2, -0.15) is 13.2 Å². The molecule has 4 heteroatoms. The second kappa shape index (κ2) is 3.46. The highest BCUT2D eigenvalue weighted by Crippen LogP contribution is 2.30. The Morgan fingerprint density at radius 2 is 2.00 bits per heavy atom. The Labute approximate surface area is 84.8 Å². The molecule has 0 N–H and O–H groups in total. The largest absolute Gasteiger partial charge is 0.416 e. The Hall–Kier alpha value is -1.71. The molecule has 1 nitrogen and oxygen atoms in total. The summed E-state index contributed by atoms with van der Waals surface area (Å²) >= 11 is 0. The number of benzene rings is 1. The van der Waals surface area contributed by atoms with Crippen molar-refractivity contribution >= 4 is 0 Å². The minimum atomic E-state index is -4.30. The number of hydrogen-bond acceptors (Lipinski definition) is 0. The zero-order valence-electron chi connectivity index (χ0n) is 7.62. The van der Waals surface area contributed by atoms with Crippen molar-refractivity contribution in [1.29, 1.82) is 0 Å². The molecule has 2 aromatic rings. The van der Waals surface area contributed by atoms with Crippen LogP contribution in [0.1, 0.15) is 5.56 Å². The van der Waals surface area contributed by atoms with E-state index in [-0.39, 0.29) is 0 Å². The summed E-state index contributed by atoms with van der Waals surface area (Å²) < 4.78 is 38.8. The Morgan fingerprint density at radius 3 is 2.60 bits per heavy atom. The maximum Gasteiger partial charge on any atom is 0.416 e. The van der Waals surface area contributed by atoms with E-state index in [1.165, 1.54) is 6.07 Å². The van der Waals surface area contributed by atoms with Gasteiger partial charge in [0.1, 0.15) is 0 Å². The van der Waals surface area contributed by atoms with Crippen molar-refractivity contribution in [1.82, 2.24) is 4.57 Å². The highest BCUT2D eigenvalue weighted by Gasteiger charge is 2.30. The smallest absolute Gasteiger partial charge is 0.323 e. The monoisotopic (exact) mass is 210 g/mol. The Balaban J connectivity index is 2.44. The first-order valence-electron chi connectivity index (χ1n) is 4.29. The number of rotatable bonds is 1. The van der Waals surface area contributed by atoms with Crippen molar-refractivity contribution in [2.45, 2.75) is 6.18 Å². The highest BCUT2D eigenvalue weighted by molar-refractivity contribution is 5.37. The molecular weight excluding hydrogens is 203 g/mol. The van der Waals surface area contributed by atoms with E-state index in [2.05, 4.69) is 6.07 Å². The lowest BCUT2D eigenvalue weighted by atomic mass is 10.2. The topological polar surface area (TPSA) is 4.93 Å². The zero-order chi connectivity index (χ0) is 10.9. The fraction of sp³-hybridized carbons (Fsp3) is 0.0909. The first-order valence-corrected chi connectivity index (χ1v) is 4.29. The minimum Gasteiger partial charge on any atom is -0.323 e. The number of aromatic nitrogens is 1. The second-order valence-corrected chi connectivity index (χ2v) is 3.07. The molecule has 1 heterocycles. The summed E-state index contributed by atoms with van der Waals surface area (Å²) in [6, 6.07) is 9.57. The van der Waals surface area contributed by atoms with Crippen molar-refractivity contribution in [3.63, 3.8) is 0 Å². The SMILES string of the molecule is FC(F)(F)c1cccc(-n2c[c]cc2)c1. The third kappa shape index (κ3) is 2.03. The third-order valence-electron chi connectivity index (χ3n) is 2.02. The van der Waals surface area contributed by atoms with E-state index in [9.17, 15) is 13.2 Å². The zero-order valence-corrected chi connectivity index (χ0v) is 7.62. The van der Waals surface area contributed by atoms with Gasteiger partial charge < -0.3 is 4.57 Å². The van der Waals surface area contributed by atoms with Crippen LogP contribution < -0.4 is 0 Å². The van der Waals surface area contributed by atoms with Gasteiger partial charge in [0.2, 0.25) is 0 Å². The van der Waals surface area contributed by atoms with E-state index >= 15 is 0 Å². The van der Waals surface area contributed by atoms with Crippen LogP contribution in [0.4, 0.5) is 13.2 Å². The molecule has 0 spiro atoms. The van der Waals surface area contributed by atoms with Crippen molar-refractivity contribution in [3.8, 4) is 5.69 Å². The third-order valence-corrected chi connectivity index (χ3v) is 2.02. The van der Waals surface area contributed by atoms with Crippen LogP contribution in [0, 0.1) is 6.07 Å². The number of halogens is 3. The van der Waals surface area contributed by atoms with Gasteiger partial charge in [-0.05, 0) is 24.3 Å². The maximum absolute atomic E-state index is 12.4. The maximum atomic E-state index is 12.4. The molecule has 0 fully saturated rings. The quantitative estimate of drug-likeness (QED) is 0.680. The highest BCUT2D eigenvalue weighted by atomic mass is 19.4. The summed E-state index contributed by atoms with van der Waals surface area (Å²) in [5.41, 5.74) is -0.167. The van der Waals surface area contributed by atoms with Crippen LogP contribution in [0.25, 0.3) is 5.69 Å². The molecular formula is C11H7F3N. The molecule has 1 aromatic heterocycles. The van der Waals surface area contributed by atoms with Gasteiger partial charge in [-0.15, -0.1) is 0 Å². The van der Waals surface area contributed by atoms with Crippen molar-refractivity contribution in [2.24, 2.45) is 0 Å². The second-order valence-electron chi connectivity index (χ2n) is 3.07. The number of alkyl halides is 3. The van der Waals surface area contributed by atoms with Crippen molar-refractivity contribution in [3.05, 3.63) is 54.4 Å². The van der Waals surface area contributed by atoms with E-state index < -0.39 is 11.7 Å². The molecule has 0 bridgehead atoms. The van der Waals surface area contributed by atoms with E-state index in [1.54, 1.807) is 29.1 Å². The predicted octanol–water partition coefficient (Wildman–Crippen LogP) is 3.30. The Morgan fingerprint density at radius 1 is 1.20 bits per heavy atom. The van der Waals surface area contributed by atoms with Crippen LogP contribution in [0.2, 0.25) is 0 Å². The van der Waals surface area contributed by atoms with Crippen LogP contribution >= 0.6 is 0 Å². The normalized spacial score (nSPS) is 11.7. The molecule has 0 aliphatic rings. The first-order chi connectivity index (χ1) is 7.07. The summed E-state index contributed by atoms with van der Waals surface area (Å²) in [5, 5.41) is 0. The molecule has 1 aromatic carbocycles. The lowest BCUT2D eigenvalue weighted by Gasteiger charge is -2.09. The molecule has 2 rings (SSSR count). The van der Waals surface area contributed by atoms with Gasteiger partial charge in [0.05, 0.1) is 5.56 Å². The van der Waals surface area contributed by atoms with Gasteiger partial charge in [0.25, 0.3) is 0 Å². The summed E-state index contributed by atoms with van der Waals surface area (Å²) in [5.74, 6) is 0. The van der Waals surface area contributed by atoms with Crippen LogP contribution in [0.15, 0.2) is 42.7 Å². The molecule has 0 saturated heterocycles. The summed E-state index contributed by atoms with van der Waals surface area (Å²) in [4.78, 5) is 0. The van der Waals surface area contributed by atoms with Crippen molar-refractivity contribution < 1.29 is 13.2 Å². The average molecular weight is 210 g/mol. The van der Waals surface area contributed by atoms with Gasteiger partial charge in [-0.1, -0.05) is 6.07 Å². The molecule has 15 heavy (non-hydrogen) atoms. The fourth-order valence-electron chi connectivity index (χ4n) is 1.29. The molecule has 1 radical (unpaired) electrons. The summed E-state index contributed by atoms with van der Waals surface area (Å²) in [6.07, 6.45) is -1.07. The van der Waals surface area contributed by atoms with Crippen molar-refractivity contribution in [2.75, 3.05) is 0 Å².